The average Bonchev–Trinajstić information content (AvgIpc) is 3.01. The Morgan fingerprint density at radius 2 is 2.05 bits per heavy atom. The van der Waals surface area contributed by atoms with Crippen molar-refractivity contribution in [2.45, 2.75) is 6.92 Å². The highest BCUT2D eigenvalue weighted by Gasteiger charge is 2.15. The number of aromatic nitrogens is 6. The van der Waals surface area contributed by atoms with Crippen LogP contribution in [0.5, 0.6) is 0 Å². The molecule has 8 heteroatoms. The van der Waals surface area contributed by atoms with E-state index in [-0.39, 0.29) is 11.5 Å². The Balaban J connectivity index is 2.07. The van der Waals surface area contributed by atoms with Gasteiger partial charge in [0.15, 0.2) is 5.69 Å². The minimum Gasteiger partial charge on any atom is -0.339 e. The largest absolute Gasteiger partial charge is 0.339 e. The number of aryl methyl sites for hydroxylation is 1. The lowest BCUT2D eigenvalue weighted by Gasteiger charge is -1.96. The molecule has 0 aliphatic carbocycles. The van der Waals surface area contributed by atoms with Crippen LogP contribution in [0.25, 0.3) is 28.3 Å². The molecule has 0 unspecified atom stereocenters. The molecule has 20 heavy (non-hydrogen) atoms. The quantitative estimate of drug-likeness (QED) is 0.551. The van der Waals surface area contributed by atoms with E-state index in [9.17, 15) is 4.79 Å². The van der Waals surface area contributed by atoms with Crippen LogP contribution in [-0.2, 0) is 0 Å². The number of fused-ring (bicyclic) bond motifs is 3. The van der Waals surface area contributed by atoms with Crippen LogP contribution in [0, 0.1) is 6.92 Å². The van der Waals surface area contributed by atoms with Crippen molar-refractivity contribution >= 4 is 16.8 Å². The maximum absolute atomic E-state index is 12.1. The second-order valence-electron chi connectivity index (χ2n) is 4.27. The molecule has 0 saturated carbocycles. The summed E-state index contributed by atoms with van der Waals surface area (Å²) in [7, 11) is 0. The van der Waals surface area contributed by atoms with Gasteiger partial charge in [0.05, 0.1) is 11.0 Å². The van der Waals surface area contributed by atoms with Gasteiger partial charge in [0, 0.05) is 6.92 Å². The SMILES string of the molecule is Cc1nc(-c2nc3nc4ccccc4n3[nH]c2=O)no1. The highest BCUT2D eigenvalue weighted by atomic mass is 16.5. The van der Waals surface area contributed by atoms with Crippen molar-refractivity contribution in [3.05, 3.63) is 40.5 Å². The predicted molar refractivity (Wildman–Crippen MR) is 69.1 cm³/mol. The number of imidazole rings is 1. The summed E-state index contributed by atoms with van der Waals surface area (Å²) < 4.78 is 6.40. The van der Waals surface area contributed by atoms with Gasteiger partial charge in [-0.2, -0.15) is 4.98 Å². The molecule has 0 atom stereocenters. The third-order valence-electron chi connectivity index (χ3n) is 2.92. The van der Waals surface area contributed by atoms with Gasteiger partial charge in [-0.15, -0.1) is 0 Å². The molecule has 3 aromatic heterocycles. The van der Waals surface area contributed by atoms with Crippen molar-refractivity contribution in [2.24, 2.45) is 0 Å². The first-order valence-corrected chi connectivity index (χ1v) is 5.90. The molecule has 0 radical (unpaired) electrons. The third kappa shape index (κ3) is 1.44. The summed E-state index contributed by atoms with van der Waals surface area (Å²) in [5.41, 5.74) is 1.21. The van der Waals surface area contributed by atoms with E-state index in [1.807, 2.05) is 24.3 Å². The zero-order valence-electron chi connectivity index (χ0n) is 10.4. The van der Waals surface area contributed by atoms with Crippen LogP contribution in [-0.4, -0.2) is 29.7 Å². The van der Waals surface area contributed by atoms with Crippen LogP contribution in [0.1, 0.15) is 5.89 Å². The molecule has 0 spiro atoms. The summed E-state index contributed by atoms with van der Waals surface area (Å²) in [4.78, 5) is 24.7. The van der Waals surface area contributed by atoms with Gasteiger partial charge in [-0.25, -0.2) is 14.5 Å². The van der Waals surface area contributed by atoms with Crippen molar-refractivity contribution in [3.8, 4) is 11.5 Å². The van der Waals surface area contributed by atoms with E-state index < -0.39 is 5.56 Å². The van der Waals surface area contributed by atoms with Crippen molar-refractivity contribution in [1.82, 2.24) is 29.7 Å². The van der Waals surface area contributed by atoms with Gasteiger partial charge in [-0.3, -0.25) is 9.89 Å². The number of hydrogen-bond acceptors (Lipinski definition) is 6. The molecule has 4 rings (SSSR count). The van der Waals surface area contributed by atoms with Crippen molar-refractivity contribution in [1.29, 1.82) is 0 Å². The monoisotopic (exact) mass is 268 g/mol. The molecule has 1 N–H and O–H groups in total. The number of benzene rings is 1. The summed E-state index contributed by atoms with van der Waals surface area (Å²) >= 11 is 0. The highest BCUT2D eigenvalue weighted by Crippen LogP contribution is 2.14. The lowest BCUT2D eigenvalue weighted by atomic mass is 10.3. The van der Waals surface area contributed by atoms with Gasteiger partial charge >= 0.3 is 0 Å². The van der Waals surface area contributed by atoms with E-state index in [0.717, 1.165) is 11.0 Å². The Morgan fingerprint density at radius 1 is 1.20 bits per heavy atom. The first kappa shape index (κ1) is 10.9. The third-order valence-corrected chi connectivity index (χ3v) is 2.92. The Morgan fingerprint density at radius 3 is 2.85 bits per heavy atom. The fourth-order valence-corrected chi connectivity index (χ4v) is 2.05. The zero-order chi connectivity index (χ0) is 13.7. The van der Waals surface area contributed by atoms with E-state index in [1.165, 1.54) is 4.52 Å². The van der Waals surface area contributed by atoms with Crippen LogP contribution in [0.3, 0.4) is 0 Å². The molecule has 0 saturated heterocycles. The molecule has 8 nitrogen and oxygen atoms in total. The summed E-state index contributed by atoms with van der Waals surface area (Å²) in [6.07, 6.45) is 0. The van der Waals surface area contributed by atoms with Gasteiger partial charge in [0.25, 0.3) is 11.3 Å². The second kappa shape index (κ2) is 3.73. The summed E-state index contributed by atoms with van der Waals surface area (Å²) in [5, 5.41) is 6.41. The number of nitrogens with one attached hydrogen (secondary N) is 1. The Hall–Kier alpha value is -3.03. The molecule has 1 aromatic carbocycles. The van der Waals surface area contributed by atoms with E-state index >= 15 is 0 Å². The van der Waals surface area contributed by atoms with E-state index in [1.54, 1.807) is 6.92 Å². The molecule has 0 bridgehead atoms. The van der Waals surface area contributed by atoms with Gasteiger partial charge in [-0.05, 0) is 12.1 Å². The van der Waals surface area contributed by atoms with Crippen LogP contribution in [0.15, 0.2) is 33.6 Å². The van der Waals surface area contributed by atoms with Crippen LogP contribution in [0.4, 0.5) is 0 Å². The molecule has 4 aromatic rings. The molecular weight excluding hydrogens is 260 g/mol. The minimum atomic E-state index is -0.401. The number of para-hydroxylation sites is 2. The number of H-pyrrole nitrogens is 1. The normalized spacial score (nSPS) is 11.4. The Kier molecular flexibility index (Phi) is 2.02. The van der Waals surface area contributed by atoms with Gasteiger partial charge in [-0.1, -0.05) is 17.3 Å². The lowest BCUT2D eigenvalue weighted by Crippen LogP contribution is -2.16. The summed E-state index contributed by atoms with van der Waals surface area (Å²) in [5.74, 6) is 0.899. The second-order valence-corrected chi connectivity index (χ2v) is 4.27. The highest BCUT2D eigenvalue weighted by molar-refractivity contribution is 5.78. The number of aromatic amines is 1. The van der Waals surface area contributed by atoms with Crippen LogP contribution < -0.4 is 5.56 Å². The van der Waals surface area contributed by atoms with Gasteiger partial charge in [0.2, 0.25) is 11.7 Å². The summed E-state index contributed by atoms with van der Waals surface area (Å²) in [6.45, 7) is 1.65. The van der Waals surface area contributed by atoms with Crippen LogP contribution in [0.2, 0.25) is 0 Å². The van der Waals surface area contributed by atoms with Gasteiger partial charge < -0.3 is 4.52 Å². The van der Waals surface area contributed by atoms with E-state index in [2.05, 4.69) is 25.2 Å². The molecule has 98 valence electrons. The number of nitrogens with zero attached hydrogens (tertiary/aromatic N) is 5. The first-order chi connectivity index (χ1) is 9.72. The predicted octanol–water partition coefficient (Wildman–Crippen LogP) is 0.929. The average molecular weight is 268 g/mol. The molecule has 0 aliphatic heterocycles. The summed E-state index contributed by atoms with van der Waals surface area (Å²) in [6, 6.07) is 7.44. The van der Waals surface area contributed by atoms with Crippen LogP contribution >= 0.6 is 0 Å². The number of rotatable bonds is 1. The standard InChI is InChI=1S/C12H8N6O2/c1-6-13-10(17-20-6)9-11(19)16-18-8-5-3-2-4-7(8)14-12(18)15-9/h2-5H,1H3,(H,16,19). The lowest BCUT2D eigenvalue weighted by molar-refractivity contribution is 0.394. The minimum absolute atomic E-state index is 0.0876. The van der Waals surface area contributed by atoms with E-state index in [0.29, 0.717) is 11.7 Å². The van der Waals surface area contributed by atoms with Crippen molar-refractivity contribution in [3.63, 3.8) is 0 Å². The maximum atomic E-state index is 12.1. The smallest absolute Gasteiger partial charge is 0.293 e. The van der Waals surface area contributed by atoms with Gasteiger partial charge in [0.1, 0.15) is 0 Å². The fourth-order valence-electron chi connectivity index (χ4n) is 2.05. The Bertz CT molecular complexity index is 996. The van der Waals surface area contributed by atoms with E-state index in [4.69, 9.17) is 4.52 Å². The number of hydrogen-bond donors (Lipinski definition) is 1. The zero-order valence-corrected chi connectivity index (χ0v) is 10.4. The Labute approximate surface area is 111 Å². The van der Waals surface area contributed by atoms with Crippen molar-refractivity contribution < 1.29 is 4.52 Å². The molecular formula is C12H8N6O2. The topological polar surface area (TPSA) is 102 Å². The fraction of sp³-hybridized carbons (Fsp3) is 0.0833. The first-order valence-electron chi connectivity index (χ1n) is 5.90. The molecule has 0 fully saturated rings. The maximum Gasteiger partial charge on any atom is 0.293 e. The molecule has 3 heterocycles. The molecule has 0 aliphatic rings. The van der Waals surface area contributed by atoms with Crippen molar-refractivity contribution in [2.75, 3.05) is 0 Å². The molecule has 0 amide bonds.